The summed E-state index contributed by atoms with van der Waals surface area (Å²) in [7, 11) is 0. The van der Waals surface area contributed by atoms with E-state index in [-0.39, 0.29) is 29.3 Å². The molecule has 5 rings (SSSR count). The molecule has 4 saturated carbocycles. The van der Waals surface area contributed by atoms with Crippen LogP contribution in [-0.2, 0) is 9.63 Å². The first-order valence-corrected chi connectivity index (χ1v) is 11.6. The first kappa shape index (κ1) is 22.3. The van der Waals surface area contributed by atoms with Gasteiger partial charge in [0.25, 0.3) is 0 Å². The second-order valence-corrected chi connectivity index (χ2v) is 10.9. The fourth-order valence-corrected chi connectivity index (χ4v) is 7.75. The highest BCUT2D eigenvalue weighted by Crippen LogP contribution is 2.67. The van der Waals surface area contributed by atoms with Crippen LogP contribution in [-0.4, -0.2) is 41.4 Å². The van der Waals surface area contributed by atoms with Crippen molar-refractivity contribution < 1.29 is 14.7 Å². The molecule has 168 valence electrons. The number of aliphatic hydroxyl groups is 1. The Morgan fingerprint density at radius 3 is 2.70 bits per heavy atom. The fourth-order valence-electron chi connectivity index (χ4n) is 7.75. The first-order valence-electron chi connectivity index (χ1n) is 11.6. The topological polar surface area (TPSA) is 70.9 Å². The second-order valence-electron chi connectivity index (χ2n) is 10.9. The van der Waals surface area contributed by atoms with Crippen molar-refractivity contribution in [1.82, 2.24) is 5.32 Å². The number of carbonyl (C=O) groups is 1. The monoisotopic (exact) mass is 436 g/mol. The van der Waals surface area contributed by atoms with E-state index in [1.165, 1.54) is 0 Å². The normalized spacial score (nSPS) is 49.2. The number of rotatable bonds is 2. The Morgan fingerprint density at radius 1 is 1.17 bits per heavy atom. The Bertz CT molecular complexity index is 764. The zero-order chi connectivity index (χ0) is 20.4. The van der Waals surface area contributed by atoms with E-state index in [0.717, 1.165) is 75.7 Å². The summed E-state index contributed by atoms with van der Waals surface area (Å²) >= 11 is 0. The molecule has 4 aliphatic carbocycles. The third-order valence-electron chi connectivity index (χ3n) is 9.72. The third-order valence-corrected chi connectivity index (χ3v) is 9.72. The molecule has 0 aromatic rings. The Morgan fingerprint density at radius 2 is 1.97 bits per heavy atom. The number of nitrogens with one attached hydrogen (secondary N) is 1. The van der Waals surface area contributed by atoms with Crippen molar-refractivity contribution in [2.75, 3.05) is 13.1 Å². The predicted molar refractivity (Wildman–Crippen MR) is 120 cm³/mol. The number of oxime groups is 1. The fraction of sp³-hybridized carbons (Fsp3) is 0.833. The highest BCUT2D eigenvalue weighted by atomic mass is 35.5. The van der Waals surface area contributed by atoms with Crippen molar-refractivity contribution in [2.45, 2.75) is 83.3 Å². The van der Waals surface area contributed by atoms with Gasteiger partial charge in [0.2, 0.25) is 0 Å². The van der Waals surface area contributed by atoms with Crippen molar-refractivity contribution in [3.05, 3.63) is 12.2 Å². The molecule has 0 radical (unpaired) electrons. The molecule has 0 bridgehead atoms. The lowest BCUT2D eigenvalue weighted by molar-refractivity contribution is -0.161. The van der Waals surface area contributed by atoms with Gasteiger partial charge in [0.15, 0.2) is 0 Å². The van der Waals surface area contributed by atoms with E-state index in [2.05, 4.69) is 30.9 Å². The highest BCUT2D eigenvalue weighted by molar-refractivity contribution is 5.88. The quantitative estimate of drug-likeness (QED) is 0.506. The van der Waals surface area contributed by atoms with Crippen LogP contribution >= 0.6 is 12.4 Å². The smallest absolute Gasteiger partial charge is 0.141 e. The van der Waals surface area contributed by atoms with Gasteiger partial charge in [-0.15, -0.1) is 12.4 Å². The molecule has 1 saturated heterocycles. The number of carbonyl (C=O) groups excluding carboxylic acids is 1. The summed E-state index contributed by atoms with van der Waals surface area (Å²) in [5, 5.41) is 19.7. The maximum atomic E-state index is 12.6. The maximum absolute atomic E-state index is 12.6. The van der Waals surface area contributed by atoms with Gasteiger partial charge >= 0.3 is 0 Å². The summed E-state index contributed by atoms with van der Waals surface area (Å²) < 4.78 is 0. The number of halogens is 1. The Balaban J connectivity index is 0.00000218. The van der Waals surface area contributed by atoms with Crippen LogP contribution < -0.4 is 5.32 Å². The Kier molecular flexibility index (Phi) is 5.64. The average Bonchev–Trinajstić information content (AvgIpc) is 3.31. The minimum atomic E-state index is -0.904. The van der Waals surface area contributed by atoms with Gasteiger partial charge in [0, 0.05) is 36.6 Å². The number of ketones is 1. The number of nitrogens with zero attached hydrogens (tertiary/aromatic N) is 1. The van der Waals surface area contributed by atoms with Crippen LogP contribution in [0.3, 0.4) is 0 Å². The van der Waals surface area contributed by atoms with Gasteiger partial charge in [0.1, 0.15) is 11.9 Å². The molecule has 1 heterocycles. The molecule has 1 aliphatic heterocycles. The summed E-state index contributed by atoms with van der Waals surface area (Å²) in [6.45, 7) is 10.7. The molecule has 5 fully saturated rings. The lowest BCUT2D eigenvalue weighted by Crippen LogP contribution is -2.63. The van der Waals surface area contributed by atoms with Gasteiger partial charge in [-0.2, -0.15) is 0 Å². The van der Waals surface area contributed by atoms with Crippen molar-refractivity contribution >= 4 is 23.9 Å². The minimum Gasteiger partial charge on any atom is -0.391 e. The van der Waals surface area contributed by atoms with E-state index in [9.17, 15) is 9.90 Å². The van der Waals surface area contributed by atoms with Crippen molar-refractivity contribution in [1.29, 1.82) is 0 Å². The standard InChI is InChI=1S/C24H36N2O3.ClH/c1-15-12-18-19-4-5-21(27)22(19,2)9-7-20(18)23(3)10-6-16(13-24(15,23)28)26-29-17-8-11-25-14-17;/h17-20,25,28H,1,4-14H2,2-3H3;1H/t17-,18+,19+,20+,22+,23-,24+;/m1./s1. The minimum absolute atomic E-state index is 0. The van der Waals surface area contributed by atoms with Gasteiger partial charge < -0.3 is 15.3 Å². The van der Waals surface area contributed by atoms with Gasteiger partial charge in [-0.25, -0.2) is 0 Å². The molecule has 7 atom stereocenters. The van der Waals surface area contributed by atoms with Crippen LogP contribution in [0.2, 0.25) is 0 Å². The summed E-state index contributed by atoms with van der Waals surface area (Å²) in [6.07, 6.45) is 8.14. The molecule has 0 spiro atoms. The number of hydrogen-bond donors (Lipinski definition) is 2. The predicted octanol–water partition coefficient (Wildman–Crippen LogP) is 4.04. The van der Waals surface area contributed by atoms with Crippen LogP contribution in [0.1, 0.15) is 71.6 Å². The van der Waals surface area contributed by atoms with Crippen LogP contribution in [0.4, 0.5) is 0 Å². The Hall–Kier alpha value is -0.910. The van der Waals surface area contributed by atoms with E-state index in [1.807, 2.05) is 0 Å². The lowest BCUT2D eigenvalue weighted by atomic mass is 9.43. The number of hydrogen-bond acceptors (Lipinski definition) is 5. The van der Waals surface area contributed by atoms with Gasteiger partial charge in [0.05, 0.1) is 11.3 Å². The molecule has 0 aromatic heterocycles. The van der Waals surface area contributed by atoms with E-state index < -0.39 is 5.60 Å². The van der Waals surface area contributed by atoms with Crippen molar-refractivity contribution in [3.63, 3.8) is 0 Å². The van der Waals surface area contributed by atoms with E-state index in [0.29, 0.717) is 30.0 Å². The summed E-state index contributed by atoms with van der Waals surface area (Å²) in [6, 6.07) is 0. The first-order chi connectivity index (χ1) is 13.8. The molecule has 2 N–H and O–H groups in total. The zero-order valence-corrected chi connectivity index (χ0v) is 19.2. The van der Waals surface area contributed by atoms with Crippen LogP contribution in [0.25, 0.3) is 0 Å². The van der Waals surface area contributed by atoms with E-state index >= 15 is 0 Å². The highest BCUT2D eigenvalue weighted by Gasteiger charge is 2.65. The average molecular weight is 437 g/mol. The SMILES string of the molecule is C=C1C[C@H]2[C@@H]3CCC(=O)[C@@]3(C)CC[C@@H]2[C@@]2(C)CCC(=NO[C@@H]3CCNC3)C[C@]12O.Cl. The second kappa shape index (κ2) is 7.60. The molecular formula is C24H37ClN2O3. The molecule has 0 aromatic carbocycles. The van der Waals surface area contributed by atoms with Crippen LogP contribution in [0, 0.1) is 28.6 Å². The molecule has 5 aliphatic rings. The molecule has 30 heavy (non-hydrogen) atoms. The molecular weight excluding hydrogens is 400 g/mol. The van der Waals surface area contributed by atoms with Crippen molar-refractivity contribution in [2.24, 2.45) is 33.7 Å². The number of fused-ring (bicyclic) bond motifs is 5. The molecule has 6 heteroatoms. The van der Waals surface area contributed by atoms with Gasteiger partial charge in [-0.3, -0.25) is 4.79 Å². The van der Waals surface area contributed by atoms with Crippen LogP contribution in [0.5, 0.6) is 0 Å². The third kappa shape index (κ3) is 3.02. The van der Waals surface area contributed by atoms with E-state index in [1.54, 1.807) is 0 Å². The lowest BCUT2D eigenvalue weighted by Gasteiger charge is -2.63. The summed E-state index contributed by atoms with van der Waals surface area (Å²) in [4.78, 5) is 18.4. The molecule has 0 unspecified atom stereocenters. The molecule has 5 nitrogen and oxygen atoms in total. The number of Topliss-reactive ketones (excluding diaryl/α,β-unsaturated/α-hetero) is 1. The molecule has 0 amide bonds. The van der Waals surface area contributed by atoms with Gasteiger partial charge in [-0.1, -0.05) is 25.6 Å². The van der Waals surface area contributed by atoms with Crippen molar-refractivity contribution in [3.8, 4) is 0 Å². The maximum Gasteiger partial charge on any atom is 0.141 e. The summed E-state index contributed by atoms with van der Waals surface area (Å²) in [5.41, 5.74) is 0.706. The summed E-state index contributed by atoms with van der Waals surface area (Å²) in [5.74, 6) is 1.87. The van der Waals surface area contributed by atoms with Gasteiger partial charge in [-0.05, 0) is 68.4 Å². The largest absolute Gasteiger partial charge is 0.391 e. The van der Waals surface area contributed by atoms with Crippen LogP contribution in [0.15, 0.2) is 17.3 Å². The Labute approximate surface area is 186 Å². The van der Waals surface area contributed by atoms with E-state index in [4.69, 9.17) is 4.84 Å². The zero-order valence-electron chi connectivity index (χ0n) is 18.4.